The van der Waals surface area contributed by atoms with Gasteiger partial charge in [-0.15, -0.1) is 0 Å². The van der Waals surface area contributed by atoms with Crippen molar-refractivity contribution in [1.82, 2.24) is 39.0 Å². The van der Waals surface area contributed by atoms with Crippen LogP contribution in [0.1, 0.15) is 41.5 Å². The Morgan fingerprint density at radius 1 is 0.627 bits per heavy atom. The Hall–Kier alpha value is -6.49. The molecular weight excluding hydrogens is 816 g/mol. The van der Waals surface area contributed by atoms with Gasteiger partial charge in [-0.2, -0.15) is 24.3 Å². The zero-order valence-electron chi connectivity index (χ0n) is 35.1. The first kappa shape index (κ1) is 42.1. The highest BCUT2D eigenvalue weighted by molar-refractivity contribution is 9.10. The Balaban J connectivity index is 0.000000201. The van der Waals surface area contributed by atoms with E-state index in [4.69, 9.17) is 9.47 Å². The number of carbonyl (C=O) groups excluding carboxylic acids is 2. The van der Waals surface area contributed by atoms with Crippen LogP contribution in [0.25, 0.3) is 22.4 Å². The third-order valence-electron chi connectivity index (χ3n) is 8.55. The molecule has 59 heavy (non-hydrogen) atoms. The highest BCUT2D eigenvalue weighted by Crippen LogP contribution is 2.34. The summed E-state index contributed by atoms with van der Waals surface area (Å²) in [4.78, 5) is 42.3. The number of anilines is 6. The Morgan fingerprint density at radius 2 is 1.08 bits per heavy atom. The van der Waals surface area contributed by atoms with Gasteiger partial charge in [0.25, 0.3) is 0 Å². The van der Waals surface area contributed by atoms with Crippen LogP contribution in [-0.4, -0.2) is 90.6 Å². The highest BCUT2D eigenvalue weighted by atomic mass is 79.9. The molecule has 5 aromatic heterocycles. The maximum Gasteiger partial charge on any atom is 0.420 e. The van der Waals surface area contributed by atoms with Gasteiger partial charge in [0.2, 0.25) is 0 Å². The van der Waals surface area contributed by atoms with Gasteiger partial charge in [0.15, 0.2) is 11.3 Å². The summed E-state index contributed by atoms with van der Waals surface area (Å²) in [5.41, 5.74) is 4.92. The lowest BCUT2D eigenvalue weighted by molar-refractivity contribution is 0.0586. The van der Waals surface area contributed by atoms with Gasteiger partial charge < -0.3 is 19.3 Å². The van der Waals surface area contributed by atoms with Crippen molar-refractivity contribution in [1.29, 1.82) is 0 Å². The predicted molar refractivity (Wildman–Crippen MR) is 234 cm³/mol. The minimum absolute atomic E-state index is 0.488. The molecule has 0 aliphatic carbocycles. The average molecular weight is 866 g/mol. The summed E-state index contributed by atoms with van der Waals surface area (Å²) < 4.78 is 17.1. The molecule has 0 bridgehead atoms. The van der Waals surface area contributed by atoms with E-state index in [0.717, 1.165) is 27.0 Å². The van der Waals surface area contributed by atoms with Crippen molar-refractivity contribution in [2.45, 2.75) is 52.7 Å². The van der Waals surface area contributed by atoms with E-state index < -0.39 is 23.4 Å². The maximum atomic E-state index is 13.4. The van der Waals surface area contributed by atoms with Crippen molar-refractivity contribution < 1.29 is 19.1 Å². The second-order valence-electron chi connectivity index (χ2n) is 16.0. The lowest BCUT2D eigenvalue weighted by Gasteiger charge is -2.28. The zero-order chi connectivity index (χ0) is 42.8. The fourth-order valence-electron chi connectivity index (χ4n) is 5.93. The summed E-state index contributed by atoms with van der Waals surface area (Å²) in [6.45, 7) is 11.0. The average Bonchev–Trinajstić information content (AvgIpc) is 3.90. The van der Waals surface area contributed by atoms with Crippen molar-refractivity contribution >= 4 is 73.8 Å². The van der Waals surface area contributed by atoms with E-state index in [0.29, 0.717) is 34.3 Å². The van der Waals surface area contributed by atoms with Gasteiger partial charge >= 0.3 is 12.2 Å². The smallest absolute Gasteiger partial charge is 0.420 e. The summed E-state index contributed by atoms with van der Waals surface area (Å²) in [7, 11) is 9.67. The van der Waals surface area contributed by atoms with Crippen LogP contribution in [0.5, 0.6) is 0 Å². The van der Waals surface area contributed by atoms with E-state index in [1.54, 1.807) is 56.8 Å². The Bertz CT molecular complexity index is 2600. The standard InChI is InChI=1S/C23H27N7O2.C19H22BrN5O2/c1-23(2,3)32-22(31)29(18-9-7-8-17(12-18)27(4)5)20-10-11-24-21-19(14-26-30(20)21)16-13-25-28(6)15-16;1-19(2,3)27-18(26)24(14-8-6-7-13(11-14)23(4)5)16-9-10-21-17-15(20)12-22-25(16)17/h7-15H,1-6H3;6-12H,1-5H3. The van der Waals surface area contributed by atoms with Crippen LogP contribution < -0.4 is 19.6 Å². The van der Waals surface area contributed by atoms with Crippen molar-refractivity contribution in [3.05, 3.63) is 102 Å². The van der Waals surface area contributed by atoms with Gasteiger partial charge in [-0.1, -0.05) is 12.1 Å². The van der Waals surface area contributed by atoms with E-state index in [9.17, 15) is 9.59 Å². The van der Waals surface area contributed by atoms with Crippen LogP contribution >= 0.6 is 15.9 Å². The summed E-state index contributed by atoms with van der Waals surface area (Å²) in [5.74, 6) is 1.06. The number of fused-ring (bicyclic) bond motifs is 2. The molecule has 0 saturated heterocycles. The van der Waals surface area contributed by atoms with Crippen molar-refractivity contribution in [2.75, 3.05) is 47.8 Å². The molecule has 16 nitrogen and oxygen atoms in total. The lowest BCUT2D eigenvalue weighted by atomic mass is 10.2. The van der Waals surface area contributed by atoms with E-state index in [2.05, 4.69) is 41.2 Å². The highest BCUT2D eigenvalue weighted by Gasteiger charge is 2.29. The van der Waals surface area contributed by atoms with E-state index >= 15 is 0 Å². The van der Waals surface area contributed by atoms with Crippen LogP contribution in [0.2, 0.25) is 0 Å². The minimum atomic E-state index is -0.661. The van der Waals surface area contributed by atoms with Gasteiger partial charge in [-0.05, 0) is 93.9 Å². The van der Waals surface area contributed by atoms with Gasteiger partial charge in [0.1, 0.15) is 22.8 Å². The quantitative estimate of drug-likeness (QED) is 0.152. The largest absolute Gasteiger partial charge is 0.443 e. The summed E-state index contributed by atoms with van der Waals surface area (Å²) >= 11 is 3.44. The van der Waals surface area contributed by atoms with Crippen LogP contribution in [0.3, 0.4) is 0 Å². The molecule has 0 spiro atoms. The molecule has 17 heteroatoms. The van der Waals surface area contributed by atoms with Gasteiger partial charge in [-0.3, -0.25) is 4.68 Å². The lowest BCUT2D eigenvalue weighted by Crippen LogP contribution is -2.35. The number of nitrogens with zero attached hydrogens (tertiary/aromatic N) is 12. The fourth-order valence-corrected chi connectivity index (χ4v) is 6.29. The number of amides is 2. The number of rotatable bonds is 7. The molecule has 0 radical (unpaired) electrons. The molecule has 308 valence electrons. The number of hydrogen-bond acceptors (Lipinski definition) is 11. The number of aryl methyl sites for hydroxylation is 1. The molecule has 2 amide bonds. The molecule has 0 atom stereocenters. The molecule has 0 unspecified atom stereocenters. The zero-order valence-corrected chi connectivity index (χ0v) is 36.7. The predicted octanol–water partition coefficient (Wildman–Crippen LogP) is 8.90. The fraction of sp³-hybridized carbons (Fsp3) is 0.310. The summed E-state index contributed by atoms with van der Waals surface area (Å²) in [6, 6.07) is 18.8. The number of hydrogen-bond donors (Lipinski definition) is 0. The molecule has 0 N–H and O–H groups in total. The number of aromatic nitrogens is 8. The third kappa shape index (κ3) is 9.63. The molecule has 0 saturated carbocycles. The van der Waals surface area contributed by atoms with Crippen molar-refractivity contribution in [3.63, 3.8) is 0 Å². The minimum Gasteiger partial charge on any atom is -0.443 e. The molecular formula is C42H49BrN12O4. The molecule has 5 heterocycles. The van der Waals surface area contributed by atoms with Crippen molar-refractivity contribution in [2.24, 2.45) is 7.05 Å². The normalized spacial score (nSPS) is 11.5. The monoisotopic (exact) mass is 864 g/mol. The summed E-state index contributed by atoms with van der Waals surface area (Å²) in [6.07, 6.45) is 9.36. The molecule has 7 rings (SSSR count). The van der Waals surface area contributed by atoms with Crippen LogP contribution in [0.4, 0.5) is 44.0 Å². The topological polar surface area (TPSA) is 144 Å². The molecule has 0 fully saturated rings. The first-order valence-electron chi connectivity index (χ1n) is 18.7. The Labute approximate surface area is 351 Å². The Kier molecular flexibility index (Phi) is 12.0. The van der Waals surface area contributed by atoms with E-state index in [-0.39, 0.29) is 0 Å². The summed E-state index contributed by atoms with van der Waals surface area (Å²) in [5, 5.41) is 13.1. The van der Waals surface area contributed by atoms with Crippen LogP contribution in [0, 0.1) is 0 Å². The van der Waals surface area contributed by atoms with Gasteiger partial charge in [0.05, 0.1) is 34.4 Å². The molecule has 0 aliphatic rings. The number of benzene rings is 2. The SMILES string of the molecule is CN(C)c1cccc(N(C(=O)OC(C)(C)C)c2ccnc3c(-c4cnn(C)c4)cnn23)c1.CN(C)c1cccc(N(C(=O)OC(C)(C)C)c2ccnc3c(Br)cnn23)c1. The van der Waals surface area contributed by atoms with E-state index in [1.165, 1.54) is 9.80 Å². The molecule has 2 aromatic carbocycles. The second kappa shape index (κ2) is 16.8. The van der Waals surface area contributed by atoms with Crippen LogP contribution in [0.15, 0.2) is 102 Å². The first-order chi connectivity index (χ1) is 27.8. The van der Waals surface area contributed by atoms with E-state index in [1.807, 2.05) is 141 Å². The van der Waals surface area contributed by atoms with Gasteiger partial charge in [0, 0.05) is 88.5 Å². The second-order valence-corrected chi connectivity index (χ2v) is 16.8. The van der Waals surface area contributed by atoms with Gasteiger partial charge in [-0.25, -0.2) is 29.4 Å². The first-order valence-corrected chi connectivity index (χ1v) is 19.5. The molecule has 0 aliphatic heterocycles. The third-order valence-corrected chi connectivity index (χ3v) is 9.11. The number of carbonyl (C=O) groups is 2. The Morgan fingerprint density at radius 3 is 1.54 bits per heavy atom. The van der Waals surface area contributed by atoms with Crippen LogP contribution in [-0.2, 0) is 16.5 Å². The maximum absolute atomic E-state index is 13.4. The van der Waals surface area contributed by atoms with Crippen molar-refractivity contribution in [3.8, 4) is 11.1 Å². The number of ether oxygens (including phenoxy) is 2. The molecule has 7 aromatic rings. The number of halogens is 1.